The highest BCUT2D eigenvalue weighted by molar-refractivity contribution is 9.10. The van der Waals surface area contributed by atoms with E-state index < -0.39 is 0 Å². The van der Waals surface area contributed by atoms with Crippen LogP contribution < -0.4 is 5.73 Å². The maximum absolute atomic E-state index is 11.7. The fourth-order valence-corrected chi connectivity index (χ4v) is 2.08. The van der Waals surface area contributed by atoms with E-state index in [0.717, 1.165) is 15.6 Å². The Balaban J connectivity index is 3.52. The quantitative estimate of drug-likeness (QED) is 0.840. The molecule has 0 spiro atoms. The summed E-state index contributed by atoms with van der Waals surface area (Å²) in [6, 6.07) is 1.85. The van der Waals surface area contributed by atoms with Gasteiger partial charge in [0.2, 0.25) is 0 Å². The fraction of sp³-hybridized carbons (Fsp3) is 0.417. The number of carbonyl (C=O) groups is 1. The van der Waals surface area contributed by atoms with Gasteiger partial charge in [-0.15, -0.1) is 0 Å². The van der Waals surface area contributed by atoms with Gasteiger partial charge in [0.15, 0.2) is 5.78 Å². The smallest absolute Gasteiger partial charge is 0.180 e. The van der Waals surface area contributed by atoms with E-state index in [1.807, 2.05) is 19.9 Å². The Kier molecular flexibility index (Phi) is 4.10. The lowest BCUT2D eigenvalue weighted by molar-refractivity contribution is 0.0998. The number of halogens is 1. The molecule has 0 fully saturated rings. The number of hydrogen-bond donors (Lipinski definition) is 2. The zero-order valence-corrected chi connectivity index (χ0v) is 11.3. The van der Waals surface area contributed by atoms with Crippen LogP contribution in [0.15, 0.2) is 10.5 Å². The van der Waals surface area contributed by atoms with Crippen LogP contribution in [0.3, 0.4) is 0 Å². The molecule has 0 amide bonds. The third-order valence-corrected chi connectivity index (χ3v) is 3.44. The van der Waals surface area contributed by atoms with Gasteiger partial charge in [-0.1, -0.05) is 29.8 Å². The molecule has 0 radical (unpaired) electrons. The molecule has 0 aromatic heterocycles. The van der Waals surface area contributed by atoms with Crippen molar-refractivity contribution < 1.29 is 9.90 Å². The zero-order valence-electron chi connectivity index (χ0n) is 9.67. The van der Waals surface area contributed by atoms with Crippen molar-refractivity contribution in [2.75, 3.05) is 6.54 Å². The summed E-state index contributed by atoms with van der Waals surface area (Å²) in [4.78, 5) is 11.7. The first kappa shape index (κ1) is 13.2. The molecule has 0 aliphatic rings. The molecule has 1 rings (SSSR count). The van der Waals surface area contributed by atoms with Gasteiger partial charge in [0.1, 0.15) is 5.75 Å². The zero-order chi connectivity index (χ0) is 12.5. The topological polar surface area (TPSA) is 63.3 Å². The summed E-state index contributed by atoms with van der Waals surface area (Å²) < 4.78 is 0.825. The summed E-state index contributed by atoms with van der Waals surface area (Å²) in [5.41, 5.74) is 7.17. The SMILES string of the molecule is Cc1c(Br)cc(C(C)C)c(O)c1C(=O)CN. The van der Waals surface area contributed by atoms with Crippen molar-refractivity contribution in [3.8, 4) is 5.75 Å². The molecule has 0 bridgehead atoms. The Hall–Kier alpha value is -0.870. The standard InChI is InChI=1S/C12H16BrNO2/c1-6(2)8-4-9(13)7(3)11(12(8)16)10(15)5-14/h4,6,16H,5,14H2,1-3H3. The van der Waals surface area contributed by atoms with Crippen molar-refractivity contribution in [1.82, 2.24) is 0 Å². The van der Waals surface area contributed by atoms with Crippen molar-refractivity contribution in [2.24, 2.45) is 5.73 Å². The second-order valence-corrected chi connectivity index (χ2v) is 4.93. The molecule has 4 heteroatoms. The average Bonchev–Trinajstić information content (AvgIpc) is 2.22. The van der Waals surface area contributed by atoms with Gasteiger partial charge in [-0.2, -0.15) is 0 Å². The third kappa shape index (κ3) is 2.28. The molecule has 16 heavy (non-hydrogen) atoms. The van der Waals surface area contributed by atoms with Crippen molar-refractivity contribution in [2.45, 2.75) is 26.7 Å². The van der Waals surface area contributed by atoms with E-state index in [1.165, 1.54) is 0 Å². The average molecular weight is 286 g/mol. The molecule has 1 aromatic rings. The first-order valence-corrected chi connectivity index (χ1v) is 5.94. The summed E-state index contributed by atoms with van der Waals surface area (Å²) >= 11 is 3.39. The van der Waals surface area contributed by atoms with Crippen LogP contribution in [0, 0.1) is 6.92 Å². The monoisotopic (exact) mass is 285 g/mol. The lowest BCUT2D eigenvalue weighted by Gasteiger charge is -2.15. The summed E-state index contributed by atoms with van der Waals surface area (Å²) in [5, 5.41) is 10.1. The highest BCUT2D eigenvalue weighted by Gasteiger charge is 2.20. The largest absolute Gasteiger partial charge is 0.507 e. The minimum absolute atomic E-state index is 0.0613. The van der Waals surface area contributed by atoms with Gasteiger partial charge in [-0.3, -0.25) is 4.79 Å². The van der Waals surface area contributed by atoms with Crippen LogP contribution >= 0.6 is 15.9 Å². The number of Topliss-reactive ketones (excluding diaryl/α,β-unsaturated/α-hetero) is 1. The summed E-state index contributed by atoms with van der Waals surface area (Å²) in [5.74, 6) is -0.0226. The highest BCUT2D eigenvalue weighted by atomic mass is 79.9. The lowest BCUT2D eigenvalue weighted by Crippen LogP contribution is -2.16. The Bertz CT molecular complexity index is 428. The summed E-state index contributed by atoms with van der Waals surface area (Å²) in [6.07, 6.45) is 0. The van der Waals surface area contributed by atoms with Gasteiger partial charge in [-0.05, 0) is 30.0 Å². The molecule has 0 saturated heterocycles. The number of nitrogens with two attached hydrogens (primary N) is 1. The van der Waals surface area contributed by atoms with Crippen LogP contribution in [0.25, 0.3) is 0 Å². The fourth-order valence-electron chi connectivity index (χ4n) is 1.64. The number of rotatable bonds is 3. The molecule has 0 aliphatic carbocycles. The second kappa shape index (κ2) is 4.97. The molecule has 0 heterocycles. The predicted octanol–water partition coefficient (Wildman–Crippen LogP) is 2.73. The lowest BCUT2D eigenvalue weighted by atomic mass is 9.94. The van der Waals surface area contributed by atoms with Gasteiger partial charge < -0.3 is 10.8 Å². The van der Waals surface area contributed by atoms with Crippen molar-refractivity contribution in [3.63, 3.8) is 0 Å². The van der Waals surface area contributed by atoms with E-state index in [1.54, 1.807) is 6.92 Å². The molecule has 0 aliphatic heterocycles. The number of carbonyl (C=O) groups excluding carboxylic acids is 1. The minimum Gasteiger partial charge on any atom is -0.507 e. The number of phenols is 1. The van der Waals surface area contributed by atoms with Gasteiger partial charge in [0, 0.05) is 4.47 Å². The molecule has 0 atom stereocenters. The molecule has 1 aromatic carbocycles. The van der Waals surface area contributed by atoms with E-state index >= 15 is 0 Å². The molecular weight excluding hydrogens is 270 g/mol. The third-order valence-electron chi connectivity index (χ3n) is 2.61. The Morgan fingerprint density at radius 3 is 2.56 bits per heavy atom. The maximum Gasteiger partial charge on any atom is 0.180 e. The number of benzene rings is 1. The molecular formula is C12H16BrNO2. The molecule has 0 unspecified atom stereocenters. The number of aromatic hydroxyl groups is 1. The number of hydrogen-bond acceptors (Lipinski definition) is 3. The number of phenolic OH excluding ortho intramolecular Hbond substituents is 1. The Morgan fingerprint density at radius 1 is 1.56 bits per heavy atom. The minimum atomic E-state index is -0.238. The maximum atomic E-state index is 11.7. The normalized spacial score (nSPS) is 10.9. The Morgan fingerprint density at radius 2 is 2.12 bits per heavy atom. The number of ketones is 1. The van der Waals surface area contributed by atoms with E-state index in [2.05, 4.69) is 15.9 Å². The van der Waals surface area contributed by atoms with Crippen LogP contribution in [-0.4, -0.2) is 17.4 Å². The molecule has 3 nitrogen and oxygen atoms in total. The molecule has 88 valence electrons. The van der Waals surface area contributed by atoms with Crippen LogP contribution in [0.2, 0.25) is 0 Å². The van der Waals surface area contributed by atoms with Crippen molar-refractivity contribution in [3.05, 3.63) is 27.2 Å². The van der Waals surface area contributed by atoms with Gasteiger partial charge >= 0.3 is 0 Å². The van der Waals surface area contributed by atoms with Gasteiger partial charge in [0.05, 0.1) is 12.1 Å². The summed E-state index contributed by atoms with van der Waals surface area (Å²) in [7, 11) is 0. The molecule has 0 saturated carbocycles. The van der Waals surface area contributed by atoms with E-state index in [9.17, 15) is 9.90 Å². The van der Waals surface area contributed by atoms with Gasteiger partial charge in [-0.25, -0.2) is 0 Å². The van der Waals surface area contributed by atoms with E-state index in [4.69, 9.17) is 5.73 Å². The first-order valence-electron chi connectivity index (χ1n) is 5.15. The molecule has 3 N–H and O–H groups in total. The van der Waals surface area contributed by atoms with E-state index in [0.29, 0.717) is 5.56 Å². The highest BCUT2D eigenvalue weighted by Crippen LogP contribution is 2.35. The van der Waals surface area contributed by atoms with Crippen molar-refractivity contribution in [1.29, 1.82) is 0 Å². The van der Waals surface area contributed by atoms with Crippen molar-refractivity contribution >= 4 is 21.7 Å². The first-order chi connectivity index (χ1) is 7.40. The predicted molar refractivity (Wildman–Crippen MR) is 68.0 cm³/mol. The second-order valence-electron chi connectivity index (χ2n) is 4.08. The summed E-state index contributed by atoms with van der Waals surface area (Å²) in [6.45, 7) is 5.63. The Labute approximate surface area is 104 Å². The van der Waals surface area contributed by atoms with E-state index in [-0.39, 0.29) is 24.0 Å². The van der Waals surface area contributed by atoms with Crippen LogP contribution in [-0.2, 0) is 0 Å². The van der Waals surface area contributed by atoms with Crippen LogP contribution in [0.1, 0.15) is 41.3 Å². The van der Waals surface area contributed by atoms with Crippen LogP contribution in [0.4, 0.5) is 0 Å². The van der Waals surface area contributed by atoms with Crippen LogP contribution in [0.5, 0.6) is 5.75 Å². The van der Waals surface area contributed by atoms with Gasteiger partial charge in [0.25, 0.3) is 0 Å².